The van der Waals surface area contributed by atoms with Crippen LogP contribution in [0.15, 0.2) is 24.3 Å². The van der Waals surface area contributed by atoms with Crippen molar-refractivity contribution in [2.75, 3.05) is 31.1 Å². The minimum absolute atomic E-state index is 0.0425. The molecule has 0 radical (unpaired) electrons. The topological polar surface area (TPSA) is 70.1 Å². The van der Waals surface area contributed by atoms with Crippen molar-refractivity contribution in [3.63, 3.8) is 0 Å². The quantitative estimate of drug-likeness (QED) is 0.919. The molecule has 1 N–H and O–H groups in total. The molecule has 0 spiro atoms. The lowest BCUT2D eigenvalue weighted by Crippen LogP contribution is -2.53. The average Bonchev–Trinajstić information content (AvgIpc) is 2.50. The number of morpholine rings is 1. The third-order valence-corrected chi connectivity index (χ3v) is 3.30. The van der Waals surface area contributed by atoms with Gasteiger partial charge in [0.1, 0.15) is 5.82 Å². The van der Waals surface area contributed by atoms with Crippen LogP contribution >= 0.6 is 0 Å². The van der Waals surface area contributed by atoms with Crippen molar-refractivity contribution >= 4 is 17.7 Å². The zero-order valence-corrected chi connectivity index (χ0v) is 11.7. The molecule has 21 heavy (non-hydrogen) atoms. The molecule has 1 aromatic carbocycles. The van der Waals surface area contributed by atoms with Crippen LogP contribution in [-0.4, -0.2) is 54.4 Å². The van der Waals surface area contributed by atoms with Gasteiger partial charge >= 0.3 is 12.0 Å². The average molecular weight is 296 g/mol. The molecule has 2 amide bonds. The summed E-state index contributed by atoms with van der Waals surface area (Å²) in [6, 6.07) is 5.58. The Morgan fingerprint density at radius 2 is 2.19 bits per heavy atom. The predicted molar refractivity (Wildman–Crippen MR) is 73.8 cm³/mol. The second-order valence-corrected chi connectivity index (χ2v) is 4.62. The van der Waals surface area contributed by atoms with Crippen molar-refractivity contribution in [3.8, 4) is 0 Å². The Balaban J connectivity index is 2.17. The van der Waals surface area contributed by atoms with E-state index in [1.165, 1.54) is 21.9 Å². The number of amides is 2. The number of carboxylic acids is 1. The van der Waals surface area contributed by atoms with E-state index in [1.54, 1.807) is 19.1 Å². The number of carbonyl (C=O) groups excluding carboxylic acids is 1. The van der Waals surface area contributed by atoms with Gasteiger partial charge in [-0.05, 0) is 19.1 Å². The Labute approximate surface area is 121 Å². The molecule has 0 bridgehead atoms. The Morgan fingerprint density at radius 1 is 1.48 bits per heavy atom. The number of carbonyl (C=O) groups is 2. The van der Waals surface area contributed by atoms with E-state index in [1.807, 2.05) is 0 Å². The molecule has 114 valence electrons. The molecule has 0 aliphatic carbocycles. The van der Waals surface area contributed by atoms with Gasteiger partial charge in [-0.1, -0.05) is 12.1 Å². The van der Waals surface area contributed by atoms with E-state index in [0.29, 0.717) is 0 Å². The number of para-hydroxylation sites is 1. The van der Waals surface area contributed by atoms with E-state index in [-0.39, 0.29) is 31.9 Å². The van der Waals surface area contributed by atoms with Gasteiger partial charge in [-0.2, -0.15) is 0 Å². The van der Waals surface area contributed by atoms with E-state index >= 15 is 0 Å². The molecule has 6 nitrogen and oxygen atoms in total. The minimum atomic E-state index is -1.11. The highest BCUT2D eigenvalue weighted by molar-refractivity contribution is 5.92. The molecular formula is C14H17FN2O4. The van der Waals surface area contributed by atoms with Crippen LogP contribution in [0.5, 0.6) is 0 Å². The Kier molecular flexibility index (Phi) is 4.74. The molecule has 1 heterocycles. The molecule has 1 aliphatic heterocycles. The molecule has 0 saturated carbocycles. The van der Waals surface area contributed by atoms with Gasteiger partial charge in [-0.25, -0.2) is 14.0 Å². The Hall–Kier alpha value is -2.15. The van der Waals surface area contributed by atoms with Crippen molar-refractivity contribution in [1.82, 2.24) is 4.90 Å². The fourth-order valence-corrected chi connectivity index (χ4v) is 2.22. The first-order chi connectivity index (χ1) is 10.0. The number of urea groups is 1. The molecule has 1 unspecified atom stereocenters. The number of anilines is 1. The summed E-state index contributed by atoms with van der Waals surface area (Å²) < 4.78 is 18.9. The van der Waals surface area contributed by atoms with Crippen LogP contribution in [0.2, 0.25) is 0 Å². The highest BCUT2D eigenvalue weighted by atomic mass is 19.1. The summed E-state index contributed by atoms with van der Waals surface area (Å²) in [7, 11) is 0. The van der Waals surface area contributed by atoms with Crippen molar-refractivity contribution < 1.29 is 23.8 Å². The van der Waals surface area contributed by atoms with Gasteiger partial charge < -0.3 is 14.7 Å². The van der Waals surface area contributed by atoms with Crippen LogP contribution in [-0.2, 0) is 9.53 Å². The smallest absolute Gasteiger partial charge is 0.334 e. The van der Waals surface area contributed by atoms with E-state index in [9.17, 15) is 14.0 Å². The van der Waals surface area contributed by atoms with Gasteiger partial charge in [-0.15, -0.1) is 0 Å². The van der Waals surface area contributed by atoms with E-state index in [0.717, 1.165) is 0 Å². The summed E-state index contributed by atoms with van der Waals surface area (Å²) in [5.41, 5.74) is 0.184. The standard InChI is InChI=1S/C14H17FN2O4/c1-2-17(11-6-4-3-5-10(11)15)14(20)16-7-8-21-12(9-16)13(18)19/h3-6,12H,2,7-9H2,1H3,(H,18,19). The Morgan fingerprint density at radius 3 is 2.81 bits per heavy atom. The third-order valence-electron chi connectivity index (χ3n) is 3.30. The first kappa shape index (κ1) is 15.2. The van der Waals surface area contributed by atoms with Crippen molar-refractivity contribution in [3.05, 3.63) is 30.1 Å². The molecule has 1 aromatic rings. The van der Waals surface area contributed by atoms with Crippen LogP contribution in [0.3, 0.4) is 0 Å². The zero-order valence-electron chi connectivity index (χ0n) is 11.7. The lowest BCUT2D eigenvalue weighted by molar-refractivity contribution is -0.154. The van der Waals surface area contributed by atoms with E-state index in [4.69, 9.17) is 9.84 Å². The van der Waals surface area contributed by atoms with Crippen molar-refractivity contribution in [2.45, 2.75) is 13.0 Å². The molecule has 2 rings (SSSR count). The predicted octanol–water partition coefficient (Wildman–Crippen LogP) is 1.56. The van der Waals surface area contributed by atoms with Gasteiger partial charge in [0.2, 0.25) is 0 Å². The summed E-state index contributed by atoms with van der Waals surface area (Å²) in [5, 5.41) is 8.96. The number of ether oxygens (including phenoxy) is 1. The highest BCUT2D eigenvalue weighted by Crippen LogP contribution is 2.21. The van der Waals surface area contributed by atoms with Gasteiger partial charge in [0.15, 0.2) is 6.10 Å². The zero-order chi connectivity index (χ0) is 15.4. The number of nitrogens with zero attached hydrogens (tertiary/aromatic N) is 2. The maximum atomic E-state index is 13.8. The fraction of sp³-hybridized carbons (Fsp3) is 0.429. The normalized spacial score (nSPS) is 18.4. The second-order valence-electron chi connectivity index (χ2n) is 4.62. The van der Waals surface area contributed by atoms with Crippen LogP contribution in [0.25, 0.3) is 0 Å². The third kappa shape index (κ3) is 3.30. The fourth-order valence-electron chi connectivity index (χ4n) is 2.22. The van der Waals surface area contributed by atoms with Crippen LogP contribution in [0.1, 0.15) is 6.92 Å². The maximum Gasteiger partial charge on any atom is 0.334 e. The van der Waals surface area contributed by atoms with Crippen LogP contribution in [0.4, 0.5) is 14.9 Å². The van der Waals surface area contributed by atoms with E-state index < -0.39 is 23.9 Å². The van der Waals surface area contributed by atoms with E-state index in [2.05, 4.69) is 0 Å². The molecule has 7 heteroatoms. The molecule has 1 atom stereocenters. The SMILES string of the molecule is CCN(C(=O)N1CCOC(C(=O)O)C1)c1ccccc1F. The number of hydrogen-bond acceptors (Lipinski definition) is 3. The first-order valence-corrected chi connectivity index (χ1v) is 6.70. The maximum absolute atomic E-state index is 13.8. The van der Waals surface area contributed by atoms with Crippen molar-refractivity contribution in [1.29, 1.82) is 0 Å². The number of halogens is 1. The van der Waals surface area contributed by atoms with Gasteiger partial charge in [0.25, 0.3) is 0 Å². The minimum Gasteiger partial charge on any atom is -0.479 e. The summed E-state index contributed by atoms with van der Waals surface area (Å²) in [4.78, 5) is 26.1. The van der Waals surface area contributed by atoms with Gasteiger partial charge in [-0.3, -0.25) is 4.90 Å². The van der Waals surface area contributed by atoms with Crippen LogP contribution in [0, 0.1) is 5.82 Å². The lowest BCUT2D eigenvalue weighted by Gasteiger charge is -2.34. The van der Waals surface area contributed by atoms with Gasteiger partial charge in [0.05, 0.1) is 18.8 Å². The number of benzene rings is 1. The summed E-state index contributed by atoms with van der Waals surface area (Å²) >= 11 is 0. The second kappa shape index (κ2) is 6.53. The molecule has 1 fully saturated rings. The monoisotopic (exact) mass is 296 g/mol. The molecule has 1 aliphatic rings. The molecule has 1 saturated heterocycles. The number of hydrogen-bond donors (Lipinski definition) is 1. The number of carboxylic acid groups (broad SMARTS) is 1. The summed E-state index contributed by atoms with van der Waals surface area (Å²) in [6.45, 7) is 2.42. The van der Waals surface area contributed by atoms with Crippen molar-refractivity contribution in [2.24, 2.45) is 0 Å². The summed E-state index contributed by atoms with van der Waals surface area (Å²) in [5.74, 6) is -1.60. The first-order valence-electron chi connectivity index (χ1n) is 6.70. The number of aliphatic carboxylic acids is 1. The molecule has 0 aromatic heterocycles. The lowest BCUT2D eigenvalue weighted by atomic mass is 10.2. The summed E-state index contributed by atoms with van der Waals surface area (Å²) in [6.07, 6.45) is -1.04. The number of rotatable bonds is 3. The van der Waals surface area contributed by atoms with Gasteiger partial charge in [0, 0.05) is 13.1 Å². The van der Waals surface area contributed by atoms with Crippen LogP contribution < -0.4 is 4.90 Å². The largest absolute Gasteiger partial charge is 0.479 e. The Bertz CT molecular complexity index is 537. The molecular weight excluding hydrogens is 279 g/mol. The highest BCUT2D eigenvalue weighted by Gasteiger charge is 2.31.